The van der Waals surface area contributed by atoms with Crippen LogP contribution < -0.4 is 0 Å². The molecule has 2 heterocycles. The topological polar surface area (TPSA) is 54.5 Å². The summed E-state index contributed by atoms with van der Waals surface area (Å²) in [6.07, 6.45) is 3.50. The van der Waals surface area contributed by atoms with Gasteiger partial charge in [0.25, 0.3) is 0 Å². The van der Waals surface area contributed by atoms with Crippen molar-refractivity contribution in [3.63, 3.8) is 0 Å². The summed E-state index contributed by atoms with van der Waals surface area (Å²) in [6, 6.07) is 13.2. The molecule has 0 aliphatic rings. The van der Waals surface area contributed by atoms with Crippen molar-refractivity contribution in [3.8, 4) is 6.07 Å². The molecule has 21 heavy (non-hydrogen) atoms. The zero-order chi connectivity index (χ0) is 14.8. The molecule has 4 nitrogen and oxygen atoms in total. The van der Waals surface area contributed by atoms with Crippen molar-refractivity contribution < 1.29 is 0 Å². The molecular weight excluding hydrogens is 284 g/mol. The van der Waals surface area contributed by atoms with E-state index in [1.54, 1.807) is 24.4 Å². The highest BCUT2D eigenvalue weighted by molar-refractivity contribution is 6.30. The summed E-state index contributed by atoms with van der Waals surface area (Å²) >= 11 is 5.87. The molecule has 0 saturated heterocycles. The van der Waals surface area contributed by atoms with Gasteiger partial charge < -0.3 is 4.57 Å². The third-order valence-corrected chi connectivity index (χ3v) is 3.42. The first-order valence-electron chi connectivity index (χ1n) is 6.34. The number of aromatic nitrogens is 3. The van der Waals surface area contributed by atoms with Crippen LogP contribution in [0.2, 0.25) is 5.02 Å². The van der Waals surface area contributed by atoms with Crippen molar-refractivity contribution in [1.82, 2.24) is 14.5 Å². The highest BCUT2D eigenvalue weighted by atomic mass is 35.5. The van der Waals surface area contributed by atoms with Gasteiger partial charge in [-0.3, -0.25) is 0 Å². The number of nitrogens with zero attached hydrogens (tertiary/aromatic N) is 4. The van der Waals surface area contributed by atoms with Crippen LogP contribution in [0.3, 0.4) is 0 Å². The van der Waals surface area contributed by atoms with Crippen LogP contribution in [0.25, 0.3) is 22.8 Å². The van der Waals surface area contributed by atoms with Crippen molar-refractivity contribution in [1.29, 1.82) is 5.26 Å². The van der Waals surface area contributed by atoms with Crippen LogP contribution in [-0.2, 0) is 7.05 Å². The zero-order valence-corrected chi connectivity index (χ0v) is 12.0. The number of aryl methyl sites for hydroxylation is 1. The number of imidazole rings is 1. The van der Waals surface area contributed by atoms with Crippen LogP contribution in [0.15, 0.2) is 42.6 Å². The number of hydrogen-bond donors (Lipinski definition) is 0. The van der Waals surface area contributed by atoms with Crippen LogP contribution in [0, 0.1) is 11.3 Å². The highest BCUT2D eigenvalue weighted by Crippen LogP contribution is 2.21. The van der Waals surface area contributed by atoms with Crippen molar-refractivity contribution in [2.24, 2.45) is 7.05 Å². The monoisotopic (exact) mass is 294 g/mol. The Morgan fingerprint density at radius 3 is 2.71 bits per heavy atom. The van der Waals surface area contributed by atoms with E-state index in [0.29, 0.717) is 16.4 Å². The third kappa shape index (κ3) is 2.51. The lowest BCUT2D eigenvalue weighted by Gasteiger charge is -2.00. The molecule has 0 radical (unpaired) electrons. The minimum atomic E-state index is 0.484. The summed E-state index contributed by atoms with van der Waals surface area (Å²) in [5.41, 5.74) is 2.91. The van der Waals surface area contributed by atoms with Crippen LogP contribution in [0.1, 0.15) is 11.4 Å². The molecule has 5 heteroatoms. The SMILES string of the molecule is Cn1c(/C(C#N)=C/c2ccc(Cl)cc2)nc2cccnc21. The second-order valence-electron chi connectivity index (χ2n) is 4.56. The lowest BCUT2D eigenvalue weighted by atomic mass is 10.1. The van der Waals surface area contributed by atoms with E-state index in [1.807, 2.05) is 35.9 Å². The van der Waals surface area contributed by atoms with Gasteiger partial charge in [-0.1, -0.05) is 23.7 Å². The van der Waals surface area contributed by atoms with Crippen LogP contribution in [0.4, 0.5) is 0 Å². The fourth-order valence-electron chi connectivity index (χ4n) is 2.14. The molecule has 0 aliphatic carbocycles. The molecule has 2 aromatic heterocycles. The van der Waals surface area contributed by atoms with E-state index in [2.05, 4.69) is 16.0 Å². The quantitative estimate of drug-likeness (QED) is 0.677. The van der Waals surface area contributed by atoms with E-state index < -0.39 is 0 Å². The first-order chi connectivity index (χ1) is 10.2. The summed E-state index contributed by atoms with van der Waals surface area (Å²) < 4.78 is 1.82. The van der Waals surface area contributed by atoms with Crippen LogP contribution in [-0.4, -0.2) is 14.5 Å². The van der Waals surface area contributed by atoms with Gasteiger partial charge in [0.15, 0.2) is 11.5 Å². The Labute approximate surface area is 126 Å². The summed E-state index contributed by atoms with van der Waals surface area (Å²) in [4.78, 5) is 8.76. The molecule has 0 unspecified atom stereocenters. The Kier molecular flexibility index (Phi) is 3.43. The Bertz CT molecular complexity index is 869. The standard InChI is InChI=1S/C16H11ClN4/c1-21-15(20-14-3-2-8-19-16(14)21)12(10-18)9-11-4-6-13(17)7-5-11/h2-9H,1H3/b12-9+. The van der Waals surface area contributed by atoms with Gasteiger partial charge in [0.1, 0.15) is 11.6 Å². The first-order valence-corrected chi connectivity index (χ1v) is 6.72. The number of nitriles is 1. The highest BCUT2D eigenvalue weighted by Gasteiger charge is 2.12. The fraction of sp³-hybridized carbons (Fsp3) is 0.0625. The lowest BCUT2D eigenvalue weighted by Crippen LogP contribution is -1.96. The van der Waals surface area contributed by atoms with Crippen molar-refractivity contribution >= 4 is 34.4 Å². The van der Waals surface area contributed by atoms with Gasteiger partial charge in [-0.25, -0.2) is 9.97 Å². The maximum atomic E-state index is 9.43. The number of pyridine rings is 1. The number of halogens is 1. The molecular formula is C16H11ClN4. The van der Waals surface area contributed by atoms with Gasteiger partial charge in [-0.05, 0) is 35.9 Å². The Morgan fingerprint density at radius 1 is 1.29 bits per heavy atom. The van der Waals surface area contributed by atoms with Gasteiger partial charge >= 0.3 is 0 Å². The van der Waals surface area contributed by atoms with E-state index in [4.69, 9.17) is 11.6 Å². The fourth-order valence-corrected chi connectivity index (χ4v) is 2.26. The Hall–Kier alpha value is -2.64. The van der Waals surface area contributed by atoms with Gasteiger partial charge in [0.2, 0.25) is 0 Å². The van der Waals surface area contributed by atoms with E-state index in [1.165, 1.54) is 0 Å². The normalized spacial score (nSPS) is 11.6. The van der Waals surface area contributed by atoms with E-state index in [0.717, 1.165) is 16.7 Å². The largest absolute Gasteiger partial charge is 0.311 e. The van der Waals surface area contributed by atoms with E-state index >= 15 is 0 Å². The second kappa shape index (κ2) is 5.39. The third-order valence-electron chi connectivity index (χ3n) is 3.17. The smallest absolute Gasteiger partial charge is 0.160 e. The molecule has 3 rings (SSSR count). The summed E-state index contributed by atoms with van der Waals surface area (Å²) in [6.45, 7) is 0. The second-order valence-corrected chi connectivity index (χ2v) is 5.00. The number of benzene rings is 1. The molecule has 0 bridgehead atoms. The summed E-state index contributed by atoms with van der Waals surface area (Å²) in [5.74, 6) is 0.598. The molecule has 0 spiro atoms. The Morgan fingerprint density at radius 2 is 2.05 bits per heavy atom. The number of fused-ring (bicyclic) bond motifs is 1. The van der Waals surface area contributed by atoms with E-state index in [9.17, 15) is 5.26 Å². The maximum Gasteiger partial charge on any atom is 0.160 e. The average Bonchev–Trinajstić information content (AvgIpc) is 2.84. The molecule has 0 aliphatic heterocycles. The van der Waals surface area contributed by atoms with Crippen molar-refractivity contribution in [3.05, 3.63) is 59.0 Å². The van der Waals surface area contributed by atoms with Gasteiger partial charge in [0, 0.05) is 18.3 Å². The van der Waals surface area contributed by atoms with Crippen molar-refractivity contribution in [2.45, 2.75) is 0 Å². The van der Waals surface area contributed by atoms with Gasteiger partial charge in [-0.2, -0.15) is 5.26 Å². The molecule has 0 N–H and O–H groups in total. The zero-order valence-electron chi connectivity index (χ0n) is 11.3. The molecule has 0 fully saturated rings. The minimum Gasteiger partial charge on any atom is -0.311 e. The number of hydrogen-bond acceptors (Lipinski definition) is 3. The molecule has 0 amide bonds. The predicted molar refractivity (Wildman–Crippen MR) is 83.4 cm³/mol. The molecule has 1 aromatic carbocycles. The van der Waals surface area contributed by atoms with Crippen LogP contribution in [0.5, 0.6) is 0 Å². The summed E-state index contributed by atoms with van der Waals surface area (Å²) in [5, 5.41) is 10.1. The molecule has 3 aromatic rings. The number of allylic oxidation sites excluding steroid dienone is 1. The van der Waals surface area contributed by atoms with Crippen molar-refractivity contribution in [2.75, 3.05) is 0 Å². The van der Waals surface area contributed by atoms with Gasteiger partial charge in [0.05, 0.1) is 5.57 Å². The van der Waals surface area contributed by atoms with Gasteiger partial charge in [-0.15, -0.1) is 0 Å². The minimum absolute atomic E-state index is 0.484. The maximum absolute atomic E-state index is 9.43. The predicted octanol–water partition coefficient (Wildman–Crippen LogP) is 3.69. The number of rotatable bonds is 2. The molecule has 0 atom stereocenters. The molecule has 0 saturated carbocycles. The Balaban J connectivity index is 2.12. The molecule has 102 valence electrons. The lowest BCUT2D eigenvalue weighted by molar-refractivity contribution is 0.910. The first kappa shape index (κ1) is 13.3. The van der Waals surface area contributed by atoms with E-state index in [-0.39, 0.29) is 0 Å². The van der Waals surface area contributed by atoms with Crippen LogP contribution >= 0.6 is 11.6 Å². The summed E-state index contributed by atoms with van der Waals surface area (Å²) in [7, 11) is 1.85. The average molecular weight is 295 g/mol.